The Morgan fingerprint density at radius 3 is 2.57 bits per heavy atom. The number of allylic oxidation sites excluding steroid dienone is 1. The normalized spacial score (nSPS) is 30.5. The number of halogens is 3. The fourth-order valence-electron chi connectivity index (χ4n) is 4.89. The van der Waals surface area contributed by atoms with Crippen molar-refractivity contribution >= 4 is 21.7 Å². The molecule has 0 aromatic heterocycles. The first-order valence-corrected chi connectivity index (χ1v) is 10.5. The fourth-order valence-corrected chi connectivity index (χ4v) is 5.57. The summed E-state index contributed by atoms with van der Waals surface area (Å²) in [6.45, 7) is -0.250. The molecule has 11 heteroatoms. The zero-order valence-corrected chi connectivity index (χ0v) is 16.9. The maximum atomic E-state index is 12.9. The van der Waals surface area contributed by atoms with Crippen molar-refractivity contribution in [2.45, 2.75) is 30.9 Å². The molecule has 4 rings (SSSR count). The lowest BCUT2D eigenvalue weighted by Gasteiger charge is -2.32. The standard InChI is InChI=1S/C19H19F3O7S/c1-26-12-3-4-14(27-2)13(7-12)11-8-17-6-5-15(29-30(24,25)19(20,21)22)18(17,9-11)10-28-16(17)23/h3-4,7,9,15H,5-6,8,10H2,1-2H3/t15-,17-,18+/m0/s1. The van der Waals surface area contributed by atoms with Gasteiger partial charge in [-0.25, -0.2) is 0 Å². The monoisotopic (exact) mass is 448 g/mol. The molecule has 1 aliphatic heterocycles. The molecule has 2 fully saturated rings. The van der Waals surface area contributed by atoms with E-state index in [1.807, 2.05) is 0 Å². The van der Waals surface area contributed by atoms with Crippen LogP contribution in [-0.2, 0) is 23.8 Å². The van der Waals surface area contributed by atoms with E-state index >= 15 is 0 Å². The van der Waals surface area contributed by atoms with Gasteiger partial charge in [0.25, 0.3) is 0 Å². The lowest BCUT2D eigenvalue weighted by molar-refractivity contribution is -0.146. The van der Waals surface area contributed by atoms with Gasteiger partial charge >= 0.3 is 21.6 Å². The van der Waals surface area contributed by atoms with Gasteiger partial charge in [-0.15, -0.1) is 0 Å². The van der Waals surface area contributed by atoms with E-state index < -0.39 is 38.5 Å². The zero-order chi connectivity index (χ0) is 21.9. The van der Waals surface area contributed by atoms with E-state index in [9.17, 15) is 26.4 Å². The number of hydrogen-bond donors (Lipinski definition) is 0. The van der Waals surface area contributed by atoms with Gasteiger partial charge < -0.3 is 14.2 Å². The van der Waals surface area contributed by atoms with Crippen LogP contribution in [0.2, 0.25) is 0 Å². The zero-order valence-electron chi connectivity index (χ0n) is 16.1. The van der Waals surface area contributed by atoms with E-state index in [0.717, 1.165) is 0 Å². The topological polar surface area (TPSA) is 88.1 Å². The molecule has 0 unspecified atom stereocenters. The first-order valence-electron chi connectivity index (χ1n) is 9.10. The van der Waals surface area contributed by atoms with Gasteiger partial charge in [-0.1, -0.05) is 6.08 Å². The van der Waals surface area contributed by atoms with Crippen molar-refractivity contribution in [3.8, 4) is 11.5 Å². The van der Waals surface area contributed by atoms with Crippen LogP contribution in [0.25, 0.3) is 5.57 Å². The number of carbonyl (C=O) groups is 1. The maximum Gasteiger partial charge on any atom is 0.523 e. The van der Waals surface area contributed by atoms with E-state index in [1.165, 1.54) is 14.2 Å². The van der Waals surface area contributed by atoms with Crippen molar-refractivity contribution in [2.75, 3.05) is 20.8 Å². The summed E-state index contributed by atoms with van der Waals surface area (Å²) in [5.41, 5.74) is -6.80. The SMILES string of the molecule is COc1ccc(OC)c(C2=C[C@]34COC(=O)[C@]3(CC[C@@H]4OS(=O)(=O)C(F)(F)F)C2)c1. The molecule has 2 aliphatic carbocycles. The van der Waals surface area contributed by atoms with Gasteiger partial charge in [0.15, 0.2) is 0 Å². The second-order valence-corrected chi connectivity index (χ2v) is 9.20. The third-order valence-corrected chi connectivity index (χ3v) is 7.39. The molecular formula is C19H19F3O7S. The highest BCUT2D eigenvalue weighted by molar-refractivity contribution is 7.87. The summed E-state index contributed by atoms with van der Waals surface area (Å²) in [5, 5.41) is 0. The average Bonchev–Trinajstić information content (AvgIpc) is 3.26. The summed E-state index contributed by atoms with van der Waals surface area (Å²) in [5.74, 6) is 0.451. The number of carbonyl (C=O) groups excluding carboxylic acids is 1. The van der Waals surface area contributed by atoms with E-state index in [0.29, 0.717) is 22.6 Å². The van der Waals surface area contributed by atoms with Crippen molar-refractivity contribution in [1.82, 2.24) is 0 Å². The molecule has 0 amide bonds. The van der Waals surface area contributed by atoms with Crippen LogP contribution in [0.1, 0.15) is 24.8 Å². The first-order chi connectivity index (χ1) is 14.0. The second kappa shape index (κ2) is 6.61. The summed E-state index contributed by atoms with van der Waals surface area (Å²) in [4.78, 5) is 12.7. The average molecular weight is 448 g/mol. The predicted octanol–water partition coefficient (Wildman–Crippen LogP) is 3.05. The molecule has 0 spiro atoms. The van der Waals surface area contributed by atoms with E-state index in [-0.39, 0.29) is 25.9 Å². The Bertz CT molecular complexity index is 1030. The van der Waals surface area contributed by atoms with Gasteiger partial charge in [0, 0.05) is 5.56 Å². The maximum absolute atomic E-state index is 12.9. The van der Waals surface area contributed by atoms with Gasteiger partial charge in [0.2, 0.25) is 0 Å². The van der Waals surface area contributed by atoms with Crippen molar-refractivity contribution in [2.24, 2.45) is 10.8 Å². The number of rotatable bonds is 5. The molecule has 1 saturated carbocycles. The van der Waals surface area contributed by atoms with Crippen LogP contribution in [-0.4, -0.2) is 46.8 Å². The van der Waals surface area contributed by atoms with Crippen molar-refractivity contribution < 1.29 is 44.8 Å². The molecule has 30 heavy (non-hydrogen) atoms. The Kier molecular flexibility index (Phi) is 4.62. The number of hydrogen-bond acceptors (Lipinski definition) is 7. The molecule has 3 aliphatic rings. The minimum atomic E-state index is -5.83. The molecule has 0 bridgehead atoms. The molecular weight excluding hydrogens is 429 g/mol. The van der Waals surface area contributed by atoms with Crippen LogP contribution in [0.4, 0.5) is 13.2 Å². The van der Waals surface area contributed by atoms with Crippen LogP contribution in [0.15, 0.2) is 24.3 Å². The van der Waals surface area contributed by atoms with Crippen molar-refractivity contribution in [1.29, 1.82) is 0 Å². The summed E-state index contributed by atoms with van der Waals surface area (Å²) in [6.07, 6.45) is 0.560. The van der Waals surface area contributed by atoms with Crippen LogP contribution >= 0.6 is 0 Å². The van der Waals surface area contributed by atoms with Gasteiger partial charge in [0.05, 0.1) is 31.2 Å². The van der Waals surface area contributed by atoms with Crippen molar-refractivity contribution in [3.05, 3.63) is 29.8 Å². The molecule has 0 radical (unpaired) electrons. The number of alkyl halides is 3. The van der Waals surface area contributed by atoms with E-state index in [4.69, 9.17) is 14.2 Å². The highest BCUT2D eigenvalue weighted by Gasteiger charge is 2.72. The molecule has 164 valence electrons. The lowest BCUT2D eigenvalue weighted by atomic mass is 9.69. The number of esters is 1. The van der Waals surface area contributed by atoms with Gasteiger partial charge in [-0.05, 0) is 43.0 Å². The van der Waals surface area contributed by atoms with E-state index in [1.54, 1.807) is 24.3 Å². The molecule has 1 aromatic rings. The molecule has 3 atom stereocenters. The van der Waals surface area contributed by atoms with Gasteiger partial charge in [0.1, 0.15) is 18.1 Å². The summed E-state index contributed by atoms with van der Waals surface area (Å²) in [7, 11) is -2.88. The third kappa shape index (κ3) is 2.74. The van der Waals surface area contributed by atoms with Crippen molar-refractivity contribution in [3.63, 3.8) is 0 Å². The Morgan fingerprint density at radius 1 is 1.20 bits per heavy atom. The number of methoxy groups -OCH3 is 2. The predicted molar refractivity (Wildman–Crippen MR) is 97.0 cm³/mol. The number of cyclic esters (lactones) is 1. The van der Waals surface area contributed by atoms with Gasteiger partial charge in [-0.2, -0.15) is 21.6 Å². The Morgan fingerprint density at radius 2 is 1.93 bits per heavy atom. The van der Waals surface area contributed by atoms with Crippen LogP contribution < -0.4 is 9.47 Å². The van der Waals surface area contributed by atoms with E-state index in [2.05, 4.69) is 4.18 Å². The summed E-state index contributed by atoms with van der Waals surface area (Å²) < 4.78 is 82.5. The number of benzene rings is 1. The Hall–Kier alpha value is -2.27. The van der Waals surface area contributed by atoms with Gasteiger partial charge in [-0.3, -0.25) is 8.98 Å². The first kappa shape index (κ1) is 21.0. The Balaban J connectivity index is 1.80. The second-order valence-electron chi connectivity index (χ2n) is 7.63. The highest BCUT2D eigenvalue weighted by atomic mass is 32.2. The molecule has 1 heterocycles. The number of ether oxygens (including phenoxy) is 3. The smallest absolute Gasteiger partial charge is 0.497 e. The fraction of sp³-hybridized carbons (Fsp3) is 0.526. The van der Waals surface area contributed by atoms with Crippen LogP contribution in [0.3, 0.4) is 0 Å². The summed E-state index contributed by atoms with van der Waals surface area (Å²) in [6, 6.07) is 5.06. The Labute approximate surface area is 170 Å². The largest absolute Gasteiger partial charge is 0.523 e. The molecule has 7 nitrogen and oxygen atoms in total. The lowest BCUT2D eigenvalue weighted by Crippen LogP contribution is -2.43. The van der Waals surface area contributed by atoms with Crippen LogP contribution in [0, 0.1) is 10.8 Å². The molecule has 0 N–H and O–H groups in total. The third-order valence-electron chi connectivity index (χ3n) is 6.33. The minimum absolute atomic E-state index is 0.0105. The quantitative estimate of drug-likeness (QED) is 0.389. The molecule has 1 aromatic carbocycles. The van der Waals surface area contributed by atoms with Crippen LogP contribution in [0.5, 0.6) is 11.5 Å². The summed E-state index contributed by atoms with van der Waals surface area (Å²) >= 11 is 0. The minimum Gasteiger partial charge on any atom is -0.497 e. The molecule has 1 saturated heterocycles. The highest BCUT2D eigenvalue weighted by Crippen LogP contribution is 2.68.